The SMILES string of the molecule is C=CN(CCCC)c1nc(Cl)[nH]c1C(=C)N(C)CCCC1=NN=C(Cc2ccc(F)cc2F)C1. The van der Waals surface area contributed by atoms with E-state index >= 15 is 0 Å². The van der Waals surface area contributed by atoms with Gasteiger partial charge in [-0.15, -0.1) is 0 Å². The molecule has 9 heteroatoms. The third-order valence-electron chi connectivity index (χ3n) is 5.76. The first-order valence-electron chi connectivity index (χ1n) is 11.4. The molecule has 0 aliphatic carbocycles. The maximum Gasteiger partial charge on any atom is 0.202 e. The van der Waals surface area contributed by atoms with Gasteiger partial charge in [-0.05, 0) is 48.7 Å². The number of nitrogens with one attached hydrogen (secondary N) is 1. The maximum atomic E-state index is 13.9. The molecule has 1 aromatic carbocycles. The molecule has 182 valence electrons. The number of nitrogens with zero attached hydrogens (tertiary/aromatic N) is 5. The van der Waals surface area contributed by atoms with Gasteiger partial charge < -0.3 is 14.8 Å². The van der Waals surface area contributed by atoms with Crippen LogP contribution in [0, 0.1) is 11.6 Å². The van der Waals surface area contributed by atoms with E-state index in [0.717, 1.165) is 73.5 Å². The summed E-state index contributed by atoms with van der Waals surface area (Å²) in [5, 5.41) is 8.76. The Morgan fingerprint density at radius 1 is 1.21 bits per heavy atom. The molecule has 3 rings (SSSR count). The van der Waals surface area contributed by atoms with E-state index < -0.39 is 11.6 Å². The number of aromatic amines is 1. The van der Waals surface area contributed by atoms with Gasteiger partial charge in [0, 0.05) is 44.8 Å². The van der Waals surface area contributed by atoms with Crippen LogP contribution in [0.3, 0.4) is 0 Å². The van der Waals surface area contributed by atoms with Crippen molar-refractivity contribution in [2.45, 2.75) is 45.4 Å². The van der Waals surface area contributed by atoms with Crippen LogP contribution in [0.1, 0.15) is 50.3 Å². The zero-order valence-corrected chi connectivity index (χ0v) is 20.5. The minimum absolute atomic E-state index is 0.311. The lowest BCUT2D eigenvalue weighted by Crippen LogP contribution is -2.22. The van der Waals surface area contributed by atoms with Crippen LogP contribution in [0.15, 0.2) is 47.8 Å². The Bertz CT molecular complexity index is 1090. The summed E-state index contributed by atoms with van der Waals surface area (Å²) in [4.78, 5) is 11.6. The minimum atomic E-state index is -0.583. The lowest BCUT2D eigenvalue weighted by Gasteiger charge is -2.24. The van der Waals surface area contributed by atoms with Crippen LogP contribution in [0.25, 0.3) is 5.70 Å². The monoisotopic (exact) mass is 488 g/mol. The Kier molecular flexibility index (Phi) is 8.98. The van der Waals surface area contributed by atoms with Crippen molar-refractivity contribution < 1.29 is 8.78 Å². The maximum absolute atomic E-state index is 13.9. The van der Waals surface area contributed by atoms with E-state index in [9.17, 15) is 8.78 Å². The number of benzene rings is 1. The molecule has 0 fully saturated rings. The van der Waals surface area contributed by atoms with E-state index in [1.807, 2.05) is 11.9 Å². The van der Waals surface area contributed by atoms with Crippen LogP contribution in [0.5, 0.6) is 0 Å². The Hall–Kier alpha value is -3.00. The van der Waals surface area contributed by atoms with Gasteiger partial charge in [0.05, 0.1) is 11.4 Å². The number of aromatic nitrogens is 2. The fourth-order valence-corrected chi connectivity index (χ4v) is 3.95. The van der Waals surface area contributed by atoms with Gasteiger partial charge in [0.25, 0.3) is 0 Å². The first kappa shape index (κ1) is 25.6. The Morgan fingerprint density at radius 2 is 1.97 bits per heavy atom. The molecule has 2 aromatic rings. The van der Waals surface area contributed by atoms with E-state index in [-0.39, 0.29) is 0 Å². The number of H-pyrrole nitrogens is 1. The zero-order valence-electron chi connectivity index (χ0n) is 19.8. The zero-order chi connectivity index (χ0) is 24.7. The van der Waals surface area contributed by atoms with Crippen LogP contribution < -0.4 is 4.90 Å². The predicted molar refractivity (Wildman–Crippen MR) is 136 cm³/mol. The van der Waals surface area contributed by atoms with Gasteiger partial charge in [-0.2, -0.15) is 15.2 Å². The van der Waals surface area contributed by atoms with Crippen LogP contribution in [0.2, 0.25) is 5.28 Å². The van der Waals surface area contributed by atoms with Crippen molar-refractivity contribution in [3.63, 3.8) is 0 Å². The molecule has 1 aromatic heterocycles. The summed E-state index contributed by atoms with van der Waals surface area (Å²) in [5.41, 5.74) is 3.73. The van der Waals surface area contributed by atoms with Crippen molar-refractivity contribution in [3.05, 3.63) is 65.7 Å². The highest BCUT2D eigenvalue weighted by Gasteiger charge is 2.20. The number of halogens is 3. The number of anilines is 1. The average molecular weight is 489 g/mol. The molecule has 0 bridgehead atoms. The molecule has 0 radical (unpaired) electrons. The summed E-state index contributed by atoms with van der Waals surface area (Å²) < 4.78 is 27.0. The number of imidazole rings is 1. The highest BCUT2D eigenvalue weighted by Crippen LogP contribution is 2.28. The summed E-state index contributed by atoms with van der Waals surface area (Å²) in [6.07, 6.45) is 6.38. The van der Waals surface area contributed by atoms with Crippen LogP contribution in [0.4, 0.5) is 14.6 Å². The van der Waals surface area contributed by atoms with E-state index in [1.54, 1.807) is 6.20 Å². The van der Waals surface area contributed by atoms with E-state index in [4.69, 9.17) is 11.6 Å². The number of hydrogen-bond donors (Lipinski definition) is 1. The number of hydrogen-bond acceptors (Lipinski definition) is 5. The van der Waals surface area contributed by atoms with Gasteiger partial charge in [0.2, 0.25) is 5.28 Å². The van der Waals surface area contributed by atoms with E-state index in [0.29, 0.717) is 23.7 Å². The Balaban J connectivity index is 1.50. The minimum Gasteiger partial charge on any atom is -0.373 e. The summed E-state index contributed by atoms with van der Waals surface area (Å²) in [7, 11) is 1.97. The molecule has 0 saturated carbocycles. The van der Waals surface area contributed by atoms with Crippen molar-refractivity contribution in [1.82, 2.24) is 14.9 Å². The van der Waals surface area contributed by atoms with Crippen LogP contribution in [-0.4, -0.2) is 46.4 Å². The normalized spacial score (nSPS) is 13.0. The van der Waals surface area contributed by atoms with Gasteiger partial charge in [-0.3, -0.25) is 0 Å². The molecule has 1 N–H and O–H groups in total. The molecule has 0 saturated heterocycles. The van der Waals surface area contributed by atoms with Crippen molar-refractivity contribution >= 4 is 34.5 Å². The molecule has 1 aliphatic heterocycles. The first-order chi connectivity index (χ1) is 16.3. The summed E-state index contributed by atoms with van der Waals surface area (Å²) in [6.45, 7) is 11.8. The van der Waals surface area contributed by atoms with Gasteiger partial charge >= 0.3 is 0 Å². The lowest BCUT2D eigenvalue weighted by molar-refractivity contribution is 0.470. The van der Waals surface area contributed by atoms with Crippen molar-refractivity contribution in [3.8, 4) is 0 Å². The number of rotatable bonds is 13. The van der Waals surface area contributed by atoms with Crippen molar-refractivity contribution in [2.24, 2.45) is 10.2 Å². The Labute approximate surface area is 204 Å². The smallest absolute Gasteiger partial charge is 0.202 e. The van der Waals surface area contributed by atoms with Crippen molar-refractivity contribution in [1.29, 1.82) is 0 Å². The molecular formula is C25H31ClF2N6. The summed E-state index contributed by atoms with van der Waals surface area (Å²) in [5.74, 6) is -0.421. The topological polar surface area (TPSA) is 59.9 Å². The number of unbranched alkanes of at least 4 members (excludes halogenated alkanes) is 1. The van der Waals surface area contributed by atoms with Gasteiger partial charge in [0.1, 0.15) is 17.3 Å². The molecule has 1 aliphatic rings. The second-order valence-corrected chi connectivity index (χ2v) is 8.71. The molecule has 6 nitrogen and oxygen atoms in total. The van der Waals surface area contributed by atoms with Gasteiger partial charge in [0.15, 0.2) is 5.82 Å². The summed E-state index contributed by atoms with van der Waals surface area (Å²) >= 11 is 6.17. The second-order valence-electron chi connectivity index (χ2n) is 8.35. The average Bonchev–Trinajstić information content (AvgIpc) is 3.42. The predicted octanol–water partition coefficient (Wildman–Crippen LogP) is 6.22. The largest absolute Gasteiger partial charge is 0.373 e. The quantitative estimate of drug-likeness (QED) is 0.364. The highest BCUT2D eigenvalue weighted by atomic mass is 35.5. The second kappa shape index (κ2) is 11.9. The molecule has 0 atom stereocenters. The lowest BCUT2D eigenvalue weighted by atomic mass is 10.0. The molecular weight excluding hydrogens is 458 g/mol. The van der Waals surface area contributed by atoms with Gasteiger partial charge in [-0.1, -0.05) is 32.6 Å². The third-order valence-corrected chi connectivity index (χ3v) is 5.94. The van der Waals surface area contributed by atoms with Crippen LogP contribution in [-0.2, 0) is 6.42 Å². The van der Waals surface area contributed by atoms with E-state index in [2.05, 4.69) is 45.2 Å². The standard InChI is InChI=1S/C25H31ClF2N6/c1-5-7-13-34(6-2)24-23(29-25(26)30-24)17(3)33(4)12-8-9-20-16-21(32-31-20)14-18-10-11-19(27)15-22(18)28/h6,10-11,15H,2-3,5,7-9,12-14,16H2,1,4H3,(H,29,30). The fourth-order valence-electron chi connectivity index (χ4n) is 3.77. The van der Waals surface area contributed by atoms with Gasteiger partial charge in [-0.25, -0.2) is 8.78 Å². The molecule has 34 heavy (non-hydrogen) atoms. The molecule has 2 heterocycles. The Morgan fingerprint density at radius 3 is 2.68 bits per heavy atom. The summed E-state index contributed by atoms with van der Waals surface area (Å²) in [6, 6.07) is 3.61. The third kappa shape index (κ3) is 6.53. The van der Waals surface area contributed by atoms with Crippen molar-refractivity contribution in [2.75, 3.05) is 25.0 Å². The van der Waals surface area contributed by atoms with Crippen LogP contribution >= 0.6 is 11.6 Å². The molecule has 0 amide bonds. The molecule has 0 unspecified atom stereocenters. The fraction of sp³-hybridized carbons (Fsp3) is 0.400. The first-order valence-corrected chi connectivity index (χ1v) is 11.8. The highest BCUT2D eigenvalue weighted by molar-refractivity contribution is 6.28. The molecule has 0 spiro atoms. The van der Waals surface area contributed by atoms with E-state index in [1.165, 1.54) is 12.1 Å².